The highest BCUT2D eigenvalue weighted by Crippen LogP contribution is 2.43. The summed E-state index contributed by atoms with van der Waals surface area (Å²) in [6, 6.07) is 58.8. The van der Waals surface area contributed by atoms with Crippen LogP contribution in [0.5, 0.6) is 11.5 Å². The van der Waals surface area contributed by atoms with E-state index in [4.69, 9.17) is 9.47 Å². The van der Waals surface area contributed by atoms with Gasteiger partial charge in [-0.2, -0.15) is 0 Å². The number of hydrogen-bond donors (Lipinski definition) is 2. The van der Waals surface area contributed by atoms with Gasteiger partial charge in [-0.1, -0.05) is 66.7 Å². The van der Waals surface area contributed by atoms with Crippen molar-refractivity contribution in [2.45, 2.75) is 13.2 Å². The zero-order valence-corrected chi connectivity index (χ0v) is 34.6. The Morgan fingerprint density at radius 1 is 0.349 bits per heavy atom. The fourth-order valence-electron chi connectivity index (χ4n) is 10.5. The molecule has 63 heavy (non-hydrogen) atoms. The third-order valence-electron chi connectivity index (χ3n) is 13.4. The second kappa shape index (κ2) is 13.3. The van der Waals surface area contributed by atoms with E-state index < -0.39 is 0 Å². The number of hydrogen-bond acceptors (Lipinski definition) is 4. The average Bonchev–Trinajstić information content (AvgIpc) is 3.96. The van der Waals surface area contributed by atoms with Crippen molar-refractivity contribution in [2.24, 2.45) is 0 Å². The zero-order chi connectivity index (χ0) is 42.1. The number of methoxy groups -OCH3 is 2. The van der Waals surface area contributed by atoms with Crippen LogP contribution in [0.2, 0.25) is 0 Å². The van der Waals surface area contributed by atoms with Gasteiger partial charge in [-0.15, -0.1) is 0 Å². The second-order valence-electron chi connectivity index (χ2n) is 16.7. The SMILES string of the molecule is COc1ccc2c(c1)c1cc(OC)ccc1n2-c1ccc2c3ccc(-n4c5ccc(CO)cc5c5cc(CO)ccc54)cc3n(-c3cc4ccc5cccc6ccc(c3)c4c56)c2c1. The quantitative estimate of drug-likeness (QED) is 0.157. The predicted molar refractivity (Wildman–Crippen MR) is 258 cm³/mol. The van der Waals surface area contributed by atoms with Crippen LogP contribution in [0.4, 0.5) is 0 Å². The number of aromatic nitrogens is 3. The summed E-state index contributed by atoms with van der Waals surface area (Å²) in [6.07, 6.45) is 0. The first kappa shape index (κ1) is 35.9. The summed E-state index contributed by atoms with van der Waals surface area (Å²) in [7, 11) is 3.41. The van der Waals surface area contributed by atoms with E-state index in [1.165, 1.54) is 32.3 Å². The normalized spacial score (nSPS) is 12.3. The van der Waals surface area contributed by atoms with Crippen LogP contribution in [0.1, 0.15) is 11.1 Å². The molecule has 2 N–H and O–H groups in total. The van der Waals surface area contributed by atoms with E-state index in [0.717, 1.165) is 105 Å². The maximum atomic E-state index is 10.1. The number of aliphatic hydroxyl groups is 2. The molecule has 0 radical (unpaired) electrons. The summed E-state index contributed by atoms with van der Waals surface area (Å²) in [5.41, 5.74) is 11.2. The van der Waals surface area contributed by atoms with Gasteiger partial charge in [0.1, 0.15) is 11.5 Å². The highest BCUT2D eigenvalue weighted by atomic mass is 16.5. The fourth-order valence-corrected chi connectivity index (χ4v) is 10.5. The minimum atomic E-state index is -0.0482. The molecule has 0 aliphatic rings. The molecule has 0 aliphatic heterocycles. The molecule has 3 aromatic heterocycles. The first-order valence-corrected chi connectivity index (χ1v) is 21.2. The predicted octanol–water partition coefficient (Wildman–Crippen LogP) is 12.9. The van der Waals surface area contributed by atoms with Crippen LogP contribution in [0.25, 0.3) is 115 Å². The topological polar surface area (TPSA) is 73.7 Å². The number of fused-ring (bicyclic) bond motifs is 9. The van der Waals surface area contributed by atoms with Gasteiger partial charge in [-0.3, -0.25) is 0 Å². The molecule has 13 aromatic rings. The van der Waals surface area contributed by atoms with Crippen molar-refractivity contribution in [3.05, 3.63) is 175 Å². The largest absolute Gasteiger partial charge is 0.497 e. The van der Waals surface area contributed by atoms with Crippen LogP contribution in [-0.2, 0) is 13.2 Å². The summed E-state index contributed by atoms with van der Waals surface area (Å²) >= 11 is 0. The van der Waals surface area contributed by atoms with Crippen LogP contribution in [0.15, 0.2) is 164 Å². The number of aliphatic hydroxyl groups excluding tert-OH is 2. The van der Waals surface area contributed by atoms with Gasteiger partial charge in [0.05, 0.1) is 60.5 Å². The Hall–Kier alpha value is -7.84. The van der Waals surface area contributed by atoms with Crippen molar-refractivity contribution in [1.29, 1.82) is 0 Å². The molecule has 13 rings (SSSR count). The van der Waals surface area contributed by atoms with Crippen molar-refractivity contribution in [2.75, 3.05) is 14.2 Å². The standard InChI is InChI=1S/C56H39N3O4/c1-62-41-14-20-51-47(28-41)48-29-42(63-2)15-21-52(48)58(51)39-13-17-44-43-16-12-38(57-49-18-6-32(30-60)22-45(49)46-23-33(31-61)7-19-50(46)57)26-53(43)59(54(44)27-39)40-24-36-10-8-34-4-3-5-35-9-11-37(25-40)56(36)55(34)35/h3-29,60-61H,30-31H2,1-2H3. The number of benzene rings is 10. The molecule has 0 amide bonds. The third kappa shape index (κ3) is 5.09. The minimum absolute atomic E-state index is 0.0482. The van der Waals surface area contributed by atoms with Gasteiger partial charge < -0.3 is 33.4 Å². The van der Waals surface area contributed by atoms with E-state index in [1.807, 2.05) is 24.3 Å². The molecule has 0 saturated carbocycles. The van der Waals surface area contributed by atoms with Crippen LogP contribution >= 0.6 is 0 Å². The van der Waals surface area contributed by atoms with Crippen molar-refractivity contribution >= 4 is 97.7 Å². The third-order valence-corrected chi connectivity index (χ3v) is 13.4. The van der Waals surface area contributed by atoms with Crippen molar-refractivity contribution in [3.63, 3.8) is 0 Å². The molecule has 302 valence electrons. The van der Waals surface area contributed by atoms with Crippen molar-refractivity contribution in [1.82, 2.24) is 13.7 Å². The lowest BCUT2D eigenvalue weighted by molar-refractivity contribution is 0.281. The van der Waals surface area contributed by atoms with Gasteiger partial charge in [-0.05, 0) is 141 Å². The zero-order valence-electron chi connectivity index (χ0n) is 34.6. The average molecular weight is 818 g/mol. The van der Waals surface area contributed by atoms with Gasteiger partial charge in [0.2, 0.25) is 0 Å². The fraction of sp³-hybridized carbons (Fsp3) is 0.0714. The summed E-state index contributed by atoms with van der Waals surface area (Å²) < 4.78 is 18.5. The van der Waals surface area contributed by atoms with Gasteiger partial charge >= 0.3 is 0 Å². The van der Waals surface area contributed by atoms with Crippen molar-refractivity contribution in [3.8, 4) is 28.6 Å². The Balaban J connectivity index is 1.12. The van der Waals surface area contributed by atoms with Gasteiger partial charge in [0, 0.05) is 49.4 Å². The Morgan fingerprint density at radius 2 is 0.762 bits per heavy atom. The van der Waals surface area contributed by atoms with E-state index in [-0.39, 0.29) is 13.2 Å². The molecule has 3 heterocycles. The van der Waals surface area contributed by atoms with E-state index in [2.05, 4.69) is 153 Å². The van der Waals surface area contributed by atoms with Crippen molar-refractivity contribution < 1.29 is 19.7 Å². The lowest BCUT2D eigenvalue weighted by Gasteiger charge is -2.16. The molecule has 0 spiro atoms. The lowest BCUT2D eigenvalue weighted by atomic mass is 9.94. The minimum Gasteiger partial charge on any atom is -0.497 e. The highest BCUT2D eigenvalue weighted by Gasteiger charge is 2.21. The van der Waals surface area contributed by atoms with Crippen LogP contribution in [-0.4, -0.2) is 38.1 Å². The van der Waals surface area contributed by atoms with E-state index in [0.29, 0.717) is 0 Å². The van der Waals surface area contributed by atoms with E-state index >= 15 is 0 Å². The molecular formula is C56H39N3O4. The number of nitrogens with zero attached hydrogens (tertiary/aromatic N) is 3. The maximum absolute atomic E-state index is 10.1. The summed E-state index contributed by atoms with van der Waals surface area (Å²) in [5, 5.41) is 34.3. The number of ether oxygens (including phenoxy) is 2. The van der Waals surface area contributed by atoms with Gasteiger partial charge in [0.15, 0.2) is 0 Å². The van der Waals surface area contributed by atoms with E-state index in [1.54, 1.807) is 14.2 Å². The summed E-state index contributed by atoms with van der Waals surface area (Å²) in [5.74, 6) is 1.60. The Bertz CT molecular complexity index is 3670. The molecule has 0 saturated heterocycles. The monoisotopic (exact) mass is 817 g/mol. The molecule has 10 aromatic carbocycles. The summed E-state index contributed by atoms with van der Waals surface area (Å²) in [6.45, 7) is -0.0965. The molecule has 7 heteroatoms. The molecular weight excluding hydrogens is 779 g/mol. The van der Waals surface area contributed by atoms with Gasteiger partial charge in [0.25, 0.3) is 0 Å². The van der Waals surface area contributed by atoms with Gasteiger partial charge in [-0.25, -0.2) is 0 Å². The lowest BCUT2D eigenvalue weighted by Crippen LogP contribution is -1.99. The molecule has 0 aliphatic carbocycles. The smallest absolute Gasteiger partial charge is 0.119 e. The molecule has 0 fully saturated rings. The van der Waals surface area contributed by atoms with Crippen LogP contribution in [0, 0.1) is 0 Å². The summed E-state index contributed by atoms with van der Waals surface area (Å²) in [4.78, 5) is 0. The Morgan fingerprint density at radius 3 is 1.22 bits per heavy atom. The Labute approximate surface area is 360 Å². The molecule has 0 atom stereocenters. The second-order valence-corrected chi connectivity index (χ2v) is 16.7. The first-order valence-electron chi connectivity index (χ1n) is 21.2. The Kier molecular flexibility index (Phi) is 7.59. The molecule has 0 unspecified atom stereocenters. The highest BCUT2D eigenvalue weighted by molar-refractivity contribution is 6.24. The molecule has 7 nitrogen and oxygen atoms in total. The van der Waals surface area contributed by atoms with E-state index in [9.17, 15) is 10.2 Å². The first-order chi connectivity index (χ1) is 31.0. The van der Waals surface area contributed by atoms with Crippen LogP contribution in [0.3, 0.4) is 0 Å². The van der Waals surface area contributed by atoms with Crippen LogP contribution < -0.4 is 9.47 Å². The maximum Gasteiger partial charge on any atom is 0.119 e. The number of rotatable bonds is 7. The molecule has 0 bridgehead atoms.